The van der Waals surface area contributed by atoms with Crippen LogP contribution in [0.1, 0.15) is 5.56 Å². The highest BCUT2D eigenvalue weighted by atomic mass is 35.5. The van der Waals surface area contributed by atoms with Crippen LogP contribution in [0.4, 0.5) is 20.2 Å². The summed E-state index contributed by atoms with van der Waals surface area (Å²) in [7, 11) is 1.68. The highest BCUT2D eigenvalue weighted by Gasteiger charge is 2.14. The monoisotopic (exact) mass is 267 g/mol. The third-order valence-corrected chi connectivity index (χ3v) is 3.03. The van der Waals surface area contributed by atoms with E-state index in [9.17, 15) is 8.78 Å². The van der Waals surface area contributed by atoms with Crippen molar-refractivity contribution in [3.8, 4) is 0 Å². The van der Waals surface area contributed by atoms with E-state index in [4.69, 9.17) is 11.6 Å². The van der Waals surface area contributed by atoms with E-state index < -0.39 is 0 Å². The molecule has 4 heteroatoms. The highest BCUT2D eigenvalue weighted by Crippen LogP contribution is 2.30. The zero-order chi connectivity index (χ0) is 13.1. The lowest BCUT2D eigenvalue weighted by molar-refractivity contribution is 0.622. The van der Waals surface area contributed by atoms with Gasteiger partial charge in [-0.2, -0.15) is 0 Å². The molecule has 0 unspecified atom stereocenters. The number of rotatable bonds is 3. The van der Waals surface area contributed by atoms with E-state index in [-0.39, 0.29) is 17.5 Å². The Labute approximate surface area is 110 Å². The van der Waals surface area contributed by atoms with Gasteiger partial charge in [0.2, 0.25) is 0 Å². The van der Waals surface area contributed by atoms with Gasteiger partial charge in [-0.3, -0.25) is 0 Å². The summed E-state index contributed by atoms with van der Waals surface area (Å²) in [5.74, 6) is -0.532. The van der Waals surface area contributed by atoms with Crippen LogP contribution in [0.15, 0.2) is 42.5 Å². The van der Waals surface area contributed by atoms with Crippen LogP contribution in [0, 0.1) is 11.6 Å². The first-order valence-electron chi connectivity index (χ1n) is 5.46. The second kappa shape index (κ2) is 5.36. The third kappa shape index (κ3) is 2.46. The van der Waals surface area contributed by atoms with Crippen LogP contribution >= 0.6 is 11.6 Å². The molecule has 0 aliphatic heterocycles. The molecule has 0 saturated carbocycles. The molecule has 94 valence electrons. The van der Waals surface area contributed by atoms with Crippen molar-refractivity contribution in [1.29, 1.82) is 0 Å². The fourth-order valence-electron chi connectivity index (χ4n) is 1.86. The van der Waals surface area contributed by atoms with Crippen molar-refractivity contribution in [1.82, 2.24) is 0 Å². The summed E-state index contributed by atoms with van der Waals surface area (Å²) in [6.07, 6.45) is 0. The van der Waals surface area contributed by atoms with Crippen molar-refractivity contribution < 1.29 is 8.78 Å². The summed E-state index contributed by atoms with van der Waals surface area (Å²) in [5, 5.41) is 0. The zero-order valence-corrected chi connectivity index (χ0v) is 10.6. The predicted octanol–water partition coefficient (Wildman–Crippen LogP) is 4.47. The minimum absolute atomic E-state index is 0.201. The second-order valence-electron chi connectivity index (χ2n) is 3.92. The number of halogens is 3. The van der Waals surface area contributed by atoms with E-state index >= 15 is 0 Å². The third-order valence-electron chi connectivity index (χ3n) is 2.75. The quantitative estimate of drug-likeness (QED) is 0.742. The first kappa shape index (κ1) is 12.8. The summed E-state index contributed by atoms with van der Waals surface area (Å²) in [5.41, 5.74) is 1.62. The smallest absolute Gasteiger partial charge is 0.147 e. The average molecular weight is 268 g/mol. The molecular formula is C14H12ClF2N. The van der Waals surface area contributed by atoms with Crippen molar-refractivity contribution >= 4 is 23.0 Å². The van der Waals surface area contributed by atoms with E-state index in [1.165, 1.54) is 18.2 Å². The van der Waals surface area contributed by atoms with E-state index in [1.54, 1.807) is 36.2 Å². The van der Waals surface area contributed by atoms with Gasteiger partial charge in [-0.05, 0) is 29.8 Å². The Morgan fingerprint density at radius 3 is 2.50 bits per heavy atom. The molecule has 0 aromatic heterocycles. The molecule has 0 heterocycles. The van der Waals surface area contributed by atoms with Crippen molar-refractivity contribution in [3.05, 3.63) is 59.7 Å². The van der Waals surface area contributed by atoms with Gasteiger partial charge >= 0.3 is 0 Å². The van der Waals surface area contributed by atoms with Crippen LogP contribution in [0.25, 0.3) is 0 Å². The molecule has 0 atom stereocenters. The van der Waals surface area contributed by atoms with E-state index in [1.807, 2.05) is 0 Å². The Bertz CT molecular complexity index is 557. The van der Waals surface area contributed by atoms with Gasteiger partial charge in [0.1, 0.15) is 11.6 Å². The maximum absolute atomic E-state index is 13.9. The van der Waals surface area contributed by atoms with Crippen LogP contribution in [-0.2, 0) is 5.88 Å². The van der Waals surface area contributed by atoms with Gasteiger partial charge in [-0.1, -0.05) is 18.2 Å². The first-order valence-corrected chi connectivity index (χ1v) is 5.99. The summed E-state index contributed by atoms with van der Waals surface area (Å²) in [4.78, 5) is 1.59. The summed E-state index contributed by atoms with van der Waals surface area (Å²) in [6, 6.07) is 10.7. The minimum Gasteiger partial charge on any atom is -0.342 e. The van der Waals surface area contributed by atoms with Gasteiger partial charge in [0.25, 0.3) is 0 Å². The number of anilines is 2. The van der Waals surface area contributed by atoms with Crippen LogP contribution in [-0.4, -0.2) is 7.05 Å². The first-order chi connectivity index (χ1) is 8.63. The fourth-order valence-corrected chi connectivity index (χ4v) is 2.07. The number of nitrogens with zero attached hydrogens (tertiary/aromatic N) is 1. The van der Waals surface area contributed by atoms with Crippen molar-refractivity contribution in [2.75, 3.05) is 11.9 Å². The second-order valence-corrected chi connectivity index (χ2v) is 4.19. The van der Waals surface area contributed by atoms with Gasteiger partial charge < -0.3 is 4.90 Å². The molecule has 2 aromatic carbocycles. The average Bonchev–Trinajstić information content (AvgIpc) is 2.37. The lowest BCUT2D eigenvalue weighted by Crippen LogP contribution is -2.13. The molecule has 0 bridgehead atoms. The molecule has 18 heavy (non-hydrogen) atoms. The topological polar surface area (TPSA) is 3.24 Å². The van der Waals surface area contributed by atoms with Gasteiger partial charge in [0, 0.05) is 18.6 Å². The van der Waals surface area contributed by atoms with Crippen molar-refractivity contribution in [3.63, 3.8) is 0 Å². The van der Waals surface area contributed by atoms with Crippen LogP contribution in [0.5, 0.6) is 0 Å². The molecule has 0 aliphatic rings. The molecule has 0 amide bonds. The Hall–Kier alpha value is -1.61. The van der Waals surface area contributed by atoms with E-state index in [0.717, 1.165) is 0 Å². The number of benzene rings is 2. The van der Waals surface area contributed by atoms with E-state index in [0.29, 0.717) is 16.9 Å². The Morgan fingerprint density at radius 2 is 1.83 bits per heavy atom. The number of para-hydroxylation sites is 1. The largest absolute Gasteiger partial charge is 0.342 e. The van der Waals surface area contributed by atoms with Gasteiger partial charge in [-0.15, -0.1) is 11.6 Å². The Kier molecular flexibility index (Phi) is 3.82. The molecule has 0 spiro atoms. The standard InChI is InChI=1S/C14H12ClF2N/c1-18(12-6-3-5-11(16)8-12)14-10(9-15)4-2-7-13(14)17/h2-8H,9H2,1H3. The molecule has 0 saturated heterocycles. The predicted molar refractivity (Wildman–Crippen MR) is 70.4 cm³/mol. The lowest BCUT2D eigenvalue weighted by Gasteiger charge is -2.22. The van der Waals surface area contributed by atoms with E-state index in [2.05, 4.69) is 0 Å². The number of hydrogen-bond acceptors (Lipinski definition) is 1. The molecule has 0 radical (unpaired) electrons. The molecular weight excluding hydrogens is 256 g/mol. The summed E-state index contributed by atoms with van der Waals surface area (Å²) in [6.45, 7) is 0. The van der Waals surface area contributed by atoms with Crippen LogP contribution in [0.2, 0.25) is 0 Å². The molecule has 2 rings (SSSR count). The summed E-state index contributed by atoms with van der Waals surface area (Å²) < 4.78 is 27.1. The Morgan fingerprint density at radius 1 is 1.11 bits per heavy atom. The SMILES string of the molecule is CN(c1cccc(F)c1)c1c(F)cccc1CCl. The molecule has 1 nitrogen and oxygen atoms in total. The Balaban J connectivity index is 2.48. The fraction of sp³-hybridized carbons (Fsp3) is 0.143. The van der Waals surface area contributed by atoms with Gasteiger partial charge in [-0.25, -0.2) is 8.78 Å². The van der Waals surface area contributed by atoms with Crippen LogP contribution < -0.4 is 4.90 Å². The molecule has 0 aliphatic carbocycles. The van der Waals surface area contributed by atoms with Crippen LogP contribution in [0.3, 0.4) is 0 Å². The van der Waals surface area contributed by atoms with Crippen molar-refractivity contribution in [2.24, 2.45) is 0 Å². The maximum Gasteiger partial charge on any atom is 0.147 e. The summed E-state index contributed by atoms with van der Waals surface area (Å²) >= 11 is 5.80. The maximum atomic E-state index is 13.9. The number of hydrogen-bond donors (Lipinski definition) is 0. The van der Waals surface area contributed by atoms with Gasteiger partial charge in [0.15, 0.2) is 0 Å². The van der Waals surface area contributed by atoms with Gasteiger partial charge in [0.05, 0.1) is 5.69 Å². The molecule has 2 aromatic rings. The van der Waals surface area contributed by atoms with Crippen molar-refractivity contribution in [2.45, 2.75) is 5.88 Å². The minimum atomic E-state index is -0.375. The lowest BCUT2D eigenvalue weighted by atomic mass is 10.1. The normalized spacial score (nSPS) is 10.4. The molecule has 0 fully saturated rings. The highest BCUT2D eigenvalue weighted by molar-refractivity contribution is 6.17. The molecule has 0 N–H and O–H groups in total. The zero-order valence-electron chi connectivity index (χ0n) is 9.83. The number of alkyl halides is 1.